The molecule has 0 amide bonds. The van der Waals surface area contributed by atoms with Crippen LogP contribution >= 0.6 is 0 Å². The summed E-state index contributed by atoms with van der Waals surface area (Å²) in [6, 6.07) is 0. The topological polar surface area (TPSA) is 43.4 Å². The van der Waals surface area contributed by atoms with Gasteiger partial charge in [0.05, 0.1) is 12.0 Å². The standard InChI is InChI=1S/C13H20O3/c1-2-16-12(15)13-7-4-3-5-10(13)9-11(14)6-8-13/h10H,2-9H2,1H3/t10-,13-/m1/s1. The van der Waals surface area contributed by atoms with Crippen molar-refractivity contribution >= 4 is 11.8 Å². The Hall–Kier alpha value is -0.860. The highest BCUT2D eigenvalue weighted by molar-refractivity contribution is 5.85. The molecule has 3 nitrogen and oxygen atoms in total. The molecule has 0 aromatic heterocycles. The summed E-state index contributed by atoms with van der Waals surface area (Å²) in [5.41, 5.74) is -0.317. The summed E-state index contributed by atoms with van der Waals surface area (Å²) in [6.07, 6.45) is 6.07. The molecule has 90 valence electrons. The Bertz CT molecular complexity index is 298. The number of hydrogen-bond donors (Lipinski definition) is 0. The summed E-state index contributed by atoms with van der Waals surface area (Å²) < 4.78 is 5.23. The number of fused-ring (bicyclic) bond motifs is 1. The monoisotopic (exact) mass is 224 g/mol. The average molecular weight is 224 g/mol. The molecule has 0 aromatic rings. The molecule has 0 aromatic carbocycles. The normalized spacial score (nSPS) is 34.3. The summed E-state index contributed by atoms with van der Waals surface area (Å²) in [5.74, 6) is 0.528. The van der Waals surface area contributed by atoms with Crippen LogP contribution in [0.15, 0.2) is 0 Å². The minimum absolute atomic E-state index is 0.0489. The molecule has 16 heavy (non-hydrogen) atoms. The summed E-state index contributed by atoms with van der Waals surface area (Å²) in [6.45, 7) is 2.29. The predicted molar refractivity (Wildman–Crippen MR) is 59.9 cm³/mol. The minimum atomic E-state index is -0.317. The lowest BCUT2D eigenvalue weighted by Crippen LogP contribution is -2.46. The molecule has 2 aliphatic carbocycles. The van der Waals surface area contributed by atoms with Gasteiger partial charge in [-0.1, -0.05) is 12.8 Å². The molecule has 2 rings (SSSR count). The van der Waals surface area contributed by atoms with Crippen LogP contribution in [0.5, 0.6) is 0 Å². The van der Waals surface area contributed by atoms with Gasteiger partial charge in [-0.2, -0.15) is 0 Å². The van der Waals surface area contributed by atoms with Crippen LogP contribution in [0.1, 0.15) is 51.9 Å². The summed E-state index contributed by atoms with van der Waals surface area (Å²) in [5, 5.41) is 0. The lowest BCUT2D eigenvalue weighted by molar-refractivity contribution is -0.165. The quantitative estimate of drug-likeness (QED) is 0.677. The first-order chi connectivity index (χ1) is 7.69. The van der Waals surface area contributed by atoms with E-state index in [9.17, 15) is 9.59 Å². The number of rotatable bonds is 2. The van der Waals surface area contributed by atoms with Crippen LogP contribution in [0.4, 0.5) is 0 Å². The average Bonchev–Trinajstić information content (AvgIpc) is 2.29. The van der Waals surface area contributed by atoms with Crippen molar-refractivity contribution in [3.63, 3.8) is 0 Å². The first kappa shape index (κ1) is 11.6. The van der Waals surface area contributed by atoms with Crippen LogP contribution in [-0.4, -0.2) is 18.4 Å². The molecule has 0 unspecified atom stereocenters. The highest BCUT2D eigenvalue weighted by Crippen LogP contribution is 2.50. The molecule has 0 N–H and O–H groups in total. The predicted octanol–water partition coefficient (Wildman–Crippen LogP) is 2.48. The zero-order chi connectivity index (χ0) is 11.6. The molecule has 2 fully saturated rings. The Morgan fingerprint density at radius 3 is 3.00 bits per heavy atom. The molecule has 2 saturated carbocycles. The van der Waals surface area contributed by atoms with Gasteiger partial charge in [-0.25, -0.2) is 0 Å². The van der Waals surface area contributed by atoms with Crippen LogP contribution in [0.3, 0.4) is 0 Å². The van der Waals surface area contributed by atoms with Gasteiger partial charge in [-0.15, -0.1) is 0 Å². The second kappa shape index (κ2) is 4.56. The van der Waals surface area contributed by atoms with Gasteiger partial charge in [-0.3, -0.25) is 9.59 Å². The van der Waals surface area contributed by atoms with Crippen LogP contribution in [0.2, 0.25) is 0 Å². The summed E-state index contributed by atoms with van der Waals surface area (Å²) in [4.78, 5) is 23.6. The Morgan fingerprint density at radius 2 is 2.25 bits per heavy atom. The van der Waals surface area contributed by atoms with Crippen molar-refractivity contribution in [1.29, 1.82) is 0 Å². The van der Waals surface area contributed by atoms with E-state index in [0.717, 1.165) is 32.1 Å². The van der Waals surface area contributed by atoms with Crippen molar-refractivity contribution in [2.45, 2.75) is 51.9 Å². The number of hydrogen-bond acceptors (Lipinski definition) is 3. The first-order valence-electron chi connectivity index (χ1n) is 6.38. The Balaban J connectivity index is 2.19. The van der Waals surface area contributed by atoms with E-state index in [-0.39, 0.29) is 17.3 Å². The Kier molecular flexibility index (Phi) is 3.31. The summed E-state index contributed by atoms with van der Waals surface area (Å²) >= 11 is 0. The van der Waals surface area contributed by atoms with Gasteiger partial charge < -0.3 is 4.74 Å². The fourth-order valence-corrected chi connectivity index (χ4v) is 3.32. The zero-order valence-electron chi connectivity index (χ0n) is 9.96. The molecular weight excluding hydrogens is 204 g/mol. The van der Waals surface area contributed by atoms with Gasteiger partial charge >= 0.3 is 5.97 Å². The third-order valence-electron chi connectivity index (χ3n) is 4.21. The maximum atomic E-state index is 12.1. The molecule has 0 heterocycles. The number of carbonyl (C=O) groups is 2. The van der Waals surface area contributed by atoms with E-state index in [1.54, 1.807) is 0 Å². The number of carbonyl (C=O) groups excluding carboxylic acids is 2. The van der Waals surface area contributed by atoms with E-state index in [4.69, 9.17) is 4.74 Å². The van der Waals surface area contributed by atoms with Crippen molar-refractivity contribution in [1.82, 2.24) is 0 Å². The molecule has 2 aliphatic rings. The molecule has 2 atom stereocenters. The van der Waals surface area contributed by atoms with E-state index in [0.29, 0.717) is 25.2 Å². The first-order valence-corrected chi connectivity index (χ1v) is 6.38. The third kappa shape index (κ3) is 1.87. The smallest absolute Gasteiger partial charge is 0.312 e. The zero-order valence-corrected chi connectivity index (χ0v) is 9.96. The largest absolute Gasteiger partial charge is 0.466 e. The lowest BCUT2D eigenvalue weighted by atomic mass is 9.59. The fraction of sp³-hybridized carbons (Fsp3) is 0.846. The molecule has 0 aliphatic heterocycles. The summed E-state index contributed by atoms with van der Waals surface area (Å²) in [7, 11) is 0. The van der Waals surface area contributed by atoms with Crippen LogP contribution in [0.25, 0.3) is 0 Å². The third-order valence-corrected chi connectivity index (χ3v) is 4.21. The second-order valence-corrected chi connectivity index (χ2v) is 5.06. The van der Waals surface area contributed by atoms with E-state index < -0.39 is 0 Å². The molecule has 0 bridgehead atoms. The van der Waals surface area contributed by atoms with Crippen molar-refractivity contribution in [2.24, 2.45) is 11.3 Å². The van der Waals surface area contributed by atoms with Gasteiger partial charge in [0, 0.05) is 12.8 Å². The molecule has 3 heteroatoms. The second-order valence-electron chi connectivity index (χ2n) is 5.06. The molecule has 0 radical (unpaired) electrons. The Labute approximate surface area is 96.5 Å². The molecule has 0 saturated heterocycles. The van der Waals surface area contributed by atoms with E-state index in [2.05, 4.69) is 0 Å². The highest BCUT2D eigenvalue weighted by Gasteiger charge is 2.50. The van der Waals surface area contributed by atoms with E-state index in [1.807, 2.05) is 6.92 Å². The van der Waals surface area contributed by atoms with Gasteiger partial charge in [0.1, 0.15) is 5.78 Å². The maximum absolute atomic E-state index is 12.1. The number of Topliss-reactive ketones (excluding diaryl/α,β-unsaturated/α-hetero) is 1. The van der Waals surface area contributed by atoms with Gasteiger partial charge in [0.15, 0.2) is 0 Å². The number of ketones is 1. The van der Waals surface area contributed by atoms with Crippen LogP contribution < -0.4 is 0 Å². The van der Waals surface area contributed by atoms with Crippen molar-refractivity contribution < 1.29 is 14.3 Å². The molecule has 0 spiro atoms. The Morgan fingerprint density at radius 1 is 1.44 bits per heavy atom. The minimum Gasteiger partial charge on any atom is -0.466 e. The van der Waals surface area contributed by atoms with Gasteiger partial charge in [0.2, 0.25) is 0 Å². The van der Waals surface area contributed by atoms with Crippen molar-refractivity contribution in [3.05, 3.63) is 0 Å². The number of esters is 1. The van der Waals surface area contributed by atoms with Crippen LogP contribution in [-0.2, 0) is 14.3 Å². The lowest BCUT2D eigenvalue weighted by Gasteiger charge is -2.44. The fourth-order valence-electron chi connectivity index (χ4n) is 3.32. The number of ether oxygens (including phenoxy) is 1. The highest BCUT2D eigenvalue weighted by atomic mass is 16.5. The van der Waals surface area contributed by atoms with E-state index >= 15 is 0 Å². The van der Waals surface area contributed by atoms with Crippen molar-refractivity contribution in [2.75, 3.05) is 6.61 Å². The van der Waals surface area contributed by atoms with Crippen molar-refractivity contribution in [3.8, 4) is 0 Å². The SMILES string of the molecule is CCOC(=O)[C@@]12CCCC[C@@H]1CC(=O)CC2. The maximum Gasteiger partial charge on any atom is 0.312 e. The molecular formula is C13H20O3. The van der Waals surface area contributed by atoms with E-state index in [1.165, 1.54) is 0 Å². The van der Waals surface area contributed by atoms with Crippen LogP contribution in [0, 0.1) is 11.3 Å². The van der Waals surface area contributed by atoms with Gasteiger partial charge in [-0.05, 0) is 32.1 Å². The van der Waals surface area contributed by atoms with Gasteiger partial charge in [0.25, 0.3) is 0 Å².